The van der Waals surface area contributed by atoms with Gasteiger partial charge in [0.25, 0.3) is 5.91 Å². The average Bonchev–Trinajstić information content (AvgIpc) is 3.54. The molecule has 3 heterocycles. The van der Waals surface area contributed by atoms with E-state index in [2.05, 4.69) is 15.2 Å². The summed E-state index contributed by atoms with van der Waals surface area (Å²) >= 11 is 0. The van der Waals surface area contributed by atoms with Crippen LogP contribution in [0.1, 0.15) is 79.5 Å². The first-order chi connectivity index (χ1) is 20.8. The average molecular weight is 587 g/mol. The number of carboxylic acid groups (broad SMARTS) is 1. The lowest BCUT2D eigenvalue weighted by atomic mass is 9.69. The number of pyridine rings is 1. The number of hydrogen-bond donors (Lipinski definition) is 2. The molecule has 9 nitrogen and oxygen atoms in total. The van der Waals surface area contributed by atoms with Gasteiger partial charge in [-0.15, -0.1) is 0 Å². The quantitative estimate of drug-likeness (QED) is 0.279. The van der Waals surface area contributed by atoms with Crippen LogP contribution in [0.25, 0.3) is 0 Å². The third-order valence-corrected chi connectivity index (χ3v) is 8.98. The molecule has 2 fully saturated rings. The van der Waals surface area contributed by atoms with Gasteiger partial charge < -0.3 is 19.7 Å². The number of furan rings is 1. The van der Waals surface area contributed by atoms with E-state index in [1.54, 1.807) is 23.2 Å². The molecule has 2 aromatic heterocycles. The van der Waals surface area contributed by atoms with Crippen LogP contribution in [0, 0.1) is 12.3 Å². The molecule has 1 aliphatic carbocycles. The summed E-state index contributed by atoms with van der Waals surface area (Å²) in [5.41, 5.74) is 2.44. The molecular weight excluding hydrogens is 544 g/mol. The molecule has 1 saturated carbocycles. The number of aliphatic carboxylic acids is 1. The van der Waals surface area contributed by atoms with Crippen LogP contribution in [0.2, 0.25) is 0 Å². The second-order valence-electron chi connectivity index (χ2n) is 12.2. The van der Waals surface area contributed by atoms with Crippen molar-refractivity contribution in [2.75, 3.05) is 29.9 Å². The highest BCUT2D eigenvalue weighted by molar-refractivity contribution is 6.04. The predicted molar refractivity (Wildman–Crippen MR) is 165 cm³/mol. The Balaban J connectivity index is 1.18. The number of carbonyl (C=O) groups excluding carboxylic acids is 2. The van der Waals surface area contributed by atoms with Gasteiger partial charge in [-0.2, -0.15) is 0 Å². The first-order valence-corrected chi connectivity index (χ1v) is 15.4. The summed E-state index contributed by atoms with van der Waals surface area (Å²) in [5.74, 6) is -0.179. The van der Waals surface area contributed by atoms with E-state index >= 15 is 0 Å². The fraction of sp³-hybridized carbons (Fsp3) is 0.471. The zero-order valence-corrected chi connectivity index (χ0v) is 25.0. The van der Waals surface area contributed by atoms with Crippen molar-refractivity contribution in [3.8, 4) is 0 Å². The molecule has 0 bridgehead atoms. The number of rotatable bonds is 11. The number of piperidine rings is 1. The van der Waals surface area contributed by atoms with Crippen LogP contribution in [0.5, 0.6) is 0 Å². The number of carboxylic acids is 1. The van der Waals surface area contributed by atoms with Crippen molar-refractivity contribution in [1.82, 2.24) is 9.88 Å². The highest BCUT2D eigenvalue weighted by Gasteiger charge is 2.37. The summed E-state index contributed by atoms with van der Waals surface area (Å²) < 4.78 is 5.44. The van der Waals surface area contributed by atoms with Gasteiger partial charge in [0.15, 0.2) is 5.76 Å². The molecule has 5 rings (SSSR count). The van der Waals surface area contributed by atoms with Crippen LogP contribution in [-0.2, 0) is 16.0 Å². The molecule has 0 radical (unpaired) electrons. The number of carbonyl (C=O) groups is 3. The van der Waals surface area contributed by atoms with Crippen molar-refractivity contribution in [3.63, 3.8) is 0 Å². The minimum absolute atomic E-state index is 0.00791. The molecule has 0 spiro atoms. The van der Waals surface area contributed by atoms with Crippen LogP contribution in [-0.4, -0.2) is 58.5 Å². The molecule has 0 atom stereocenters. The number of anilines is 2. The van der Waals surface area contributed by atoms with Gasteiger partial charge in [-0.3, -0.25) is 19.3 Å². The van der Waals surface area contributed by atoms with Gasteiger partial charge in [0.2, 0.25) is 5.91 Å². The predicted octanol–water partition coefficient (Wildman–Crippen LogP) is 6.09. The van der Waals surface area contributed by atoms with Crippen LogP contribution in [0.3, 0.4) is 0 Å². The summed E-state index contributed by atoms with van der Waals surface area (Å²) in [4.78, 5) is 46.9. The lowest BCUT2D eigenvalue weighted by molar-refractivity contribution is -0.141. The SMILES string of the molecule is Cc1ccc(N(C(=O)c2ccco2)C2CCN(CCc3ccccc3NC(=O)CC3(CC(=O)O)CCCCC3)CC2)nc1. The first-order valence-electron chi connectivity index (χ1n) is 15.4. The number of benzene rings is 1. The molecule has 3 aromatic rings. The van der Waals surface area contributed by atoms with Crippen LogP contribution in [0.15, 0.2) is 65.4 Å². The van der Waals surface area contributed by atoms with E-state index in [1.165, 1.54) is 6.26 Å². The number of amides is 2. The van der Waals surface area contributed by atoms with Gasteiger partial charge in [-0.05, 0) is 79.8 Å². The summed E-state index contributed by atoms with van der Waals surface area (Å²) in [6.07, 6.45) is 10.6. The maximum atomic E-state index is 13.4. The van der Waals surface area contributed by atoms with Crippen molar-refractivity contribution < 1.29 is 23.9 Å². The Labute approximate surface area is 253 Å². The third-order valence-electron chi connectivity index (χ3n) is 8.98. The Hall–Kier alpha value is -3.98. The van der Waals surface area contributed by atoms with E-state index in [-0.39, 0.29) is 30.7 Å². The fourth-order valence-corrected chi connectivity index (χ4v) is 6.69. The van der Waals surface area contributed by atoms with E-state index in [0.29, 0.717) is 11.6 Å². The highest BCUT2D eigenvalue weighted by Crippen LogP contribution is 2.42. The monoisotopic (exact) mass is 586 g/mol. The van der Waals surface area contributed by atoms with Crippen molar-refractivity contribution in [1.29, 1.82) is 0 Å². The Morgan fingerprint density at radius 2 is 1.79 bits per heavy atom. The zero-order valence-electron chi connectivity index (χ0n) is 25.0. The molecule has 1 saturated heterocycles. The van der Waals surface area contributed by atoms with Gasteiger partial charge in [-0.25, -0.2) is 4.98 Å². The smallest absolute Gasteiger partial charge is 0.303 e. The highest BCUT2D eigenvalue weighted by atomic mass is 16.4. The second-order valence-corrected chi connectivity index (χ2v) is 12.2. The third kappa shape index (κ3) is 7.90. The van der Waals surface area contributed by atoms with Gasteiger partial charge in [0.1, 0.15) is 5.82 Å². The van der Waals surface area contributed by atoms with E-state index in [4.69, 9.17) is 4.42 Å². The van der Waals surface area contributed by atoms with Crippen LogP contribution in [0.4, 0.5) is 11.5 Å². The molecule has 1 aliphatic heterocycles. The summed E-state index contributed by atoms with van der Waals surface area (Å²) in [6.45, 7) is 4.48. The standard InChI is InChI=1S/C34H42N4O5/c1-25-11-12-30(35-24-25)38(33(42)29-10-7-21-43-29)27-14-19-37(20-15-27)18-13-26-8-3-4-9-28(26)36-31(39)22-34(23-32(40)41)16-5-2-6-17-34/h3-4,7-12,21,24,27H,2,5-6,13-20,22-23H2,1H3,(H,36,39)(H,40,41). The number of para-hydroxylation sites is 1. The van der Waals surface area contributed by atoms with Crippen molar-refractivity contribution >= 4 is 29.3 Å². The normalized spacial score (nSPS) is 17.3. The minimum Gasteiger partial charge on any atom is -0.481 e. The molecule has 9 heteroatoms. The maximum Gasteiger partial charge on any atom is 0.303 e. The van der Waals surface area contributed by atoms with Gasteiger partial charge in [0, 0.05) is 44.0 Å². The van der Waals surface area contributed by atoms with E-state index in [0.717, 1.165) is 87.8 Å². The Morgan fingerprint density at radius 1 is 1.02 bits per heavy atom. The summed E-state index contributed by atoms with van der Waals surface area (Å²) in [6, 6.07) is 15.2. The van der Waals surface area contributed by atoms with E-state index in [9.17, 15) is 19.5 Å². The van der Waals surface area contributed by atoms with Crippen LogP contribution >= 0.6 is 0 Å². The number of nitrogens with one attached hydrogen (secondary N) is 1. The zero-order chi connectivity index (χ0) is 30.2. The van der Waals surface area contributed by atoms with E-state index in [1.807, 2.05) is 43.3 Å². The molecule has 43 heavy (non-hydrogen) atoms. The topological polar surface area (TPSA) is 116 Å². The Morgan fingerprint density at radius 3 is 2.47 bits per heavy atom. The molecule has 228 valence electrons. The fourth-order valence-electron chi connectivity index (χ4n) is 6.69. The van der Waals surface area contributed by atoms with Crippen molar-refractivity contribution in [2.45, 2.75) is 77.2 Å². The molecule has 0 unspecified atom stereocenters. The Kier molecular flexibility index (Phi) is 9.92. The number of likely N-dealkylation sites (tertiary alicyclic amines) is 1. The minimum atomic E-state index is -0.831. The lowest BCUT2D eigenvalue weighted by Crippen LogP contribution is -2.48. The molecule has 2 amide bonds. The largest absolute Gasteiger partial charge is 0.481 e. The number of nitrogens with zero attached hydrogens (tertiary/aromatic N) is 3. The molecule has 2 aliphatic rings. The second kappa shape index (κ2) is 14.0. The molecule has 1 aromatic carbocycles. The summed E-state index contributed by atoms with van der Waals surface area (Å²) in [7, 11) is 0. The Bertz CT molecular complexity index is 1370. The van der Waals surface area contributed by atoms with Gasteiger partial charge in [0.05, 0.1) is 12.7 Å². The van der Waals surface area contributed by atoms with Crippen molar-refractivity contribution in [3.05, 3.63) is 77.9 Å². The first kappa shape index (κ1) is 30.5. The summed E-state index contributed by atoms with van der Waals surface area (Å²) in [5, 5.41) is 12.6. The number of aromatic nitrogens is 1. The number of hydrogen-bond acceptors (Lipinski definition) is 6. The molecular formula is C34H42N4O5. The van der Waals surface area contributed by atoms with Gasteiger partial charge in [-0.1, -0.05) is 43.5 Å². The molecule has 2 N–H and O–H groups in total. The van der Waals surface area contributed by atoms with Crippen molar-refractivity contribution in [2.24, 2.45) is 5.41 Å². The van der Waals surface area contributed by atoms with E-state index < -0.39 is 11.4 Å². The lowest BCUT2D eigenvalue weighted by Gasteiger charge is -2.37. The maximum absolute atomic E-state index is 13.4. The van der Waals surface area contributed by atoms with Crippen LogP contribution < -0.4 is 10.2 Å². The van der Waals surface area contributed by atoms with Gasteiger partial charge >= 0.3 is 5.97 Å². The number of aryl methyl sites for hydroxylation is 1.